The number of anilines is 1. The summed E-state index contributed by atoms with van der Waals surface area (Å²) < 4.78 is 1.73. The largest absolute Gasteiger partial charge is 0.351 e. The van der Waals surface area contributed by atoms with E-state index < -0.39 is 0 Å². The molecule has 0 N–H and O–H groups in total. The average Bonchev–Trinajstić information content (AvgIpc) is 3.17. The van der Waals surface area contributed by atoms with E-state index in [1.807, 2.05) is 66.5 Å². The summed E-state index contributed by atoms with van der Waals surface area (Å²) in [5.74, 6) is 1.53. The van der Waals surface area contributed by atoms with Gasteiger partial charge in [0.2, 0.25) is 0 Å². The maximum atomic E-state index is 12.6. The van der Waals surface area contributed by atoms with E-state index in [1.54, 1.807) is 16.9 Å². The lowest BCUT2D eigenvalue weighted by Crippen LogP contribution is -2.60. The molecule has 1 aromatic carbocycles. The van der Waals surface area contributed by atoms with Gasteiger partial charge in [-0.15, -0.1) is 15.3 Å². The molecule has 4 heterocycles. The molecule has 0 bridgehead atoms. The van der Waals surface area contributed by atoms with Crippen LogP contribution in [0.3, 0.4) is 0 Å². The average molecular weight is 385 g/mol. The molecule has 144 valence electrons. The van der Waals surface area contributed by atoms with E-state index in [-0.39, 0.29) is 11.9 Å². The molecule has 8 nitrogen and oxygen atoms in total. The van der Waals surface area contributed by atoms with Crippen LogP contribution in [-0.2, 0) is 0 Å². The van der Waals surface area contributed by atoms with Crippen molar-refractivity contribution in [3.05, 3.63) is 72.6 Å². The molecule has 1 aliphatic heterocycles. The van der Waals surface area contributed by atoms with E-state index in [2.05, 4.69) is 20.1 Å². The Balaban J connectivity index is 1.33. The molecule has 1 amide bonds. The zero-order valence-electron chi connectivity index (χ0n) is 15.9. The Labute approximate surface area is 167 Å². The first-order valence-electron chi connectivity index (χ1n) is 9.41. The number of rotatable bonds is 4. The van der Waals surface area contributed by atoms with Gasteiger partial charge in [0.25, 0.3) is 5.91 Å². The Morgan fingerprint density at radius 3 is 2.62 bits per heavy atom. The highest BCUT2D eigenvalue weighted by molar-refractivity contribution is 5.94. The molecule has 0 saturated carbocycles. The van der Waals surface area contributed by atoms with Crippen molar-refractivity contribution in [3.63, 3.8) is 0 Å². The van der Waals surface area contributed by atoms with Gasteiger partial charge < -0.3 is 9.80 Å². The van der Waals surface area contributed by atoms with E-state index in [9.17, 15) is 4.79 Å². The standard InChI is InChI=1S/C21H19N7O/c1-26(21(29)15-6-3-2-4-7-15)17-13-27(14-17)19-10-9-18-23-24-20(28(18)25-19)16-8-5-11-22-12-16/h2-12,17H,13-14H2,1H3. The number of pyridine rings is 1. The number of hydrogen-bond acceptors (Lipinski definition) is 6. The maximum absolute atomic E-state index is 12.6. The zero-order valence-corrected chi connectivity index (χ0v) is 15.9. The van der Waals surface area contributed by atoms with E-state index in [0.717, 1.165) is 24.5 Å². The van der Waals surface area contributed by atoms with Crippen LogP contribution in [0.1, 0.15) is 10.4 Å². The Hall–Kier alpha value is -3.81. The van der Waals surface area contributed by atoms with Crippen LogP contribution in [0.25, 0.3) is 17.0 Å². The van der Waals surface area contributed by atoms with Crippen molar-refractivity contribution in [2.75, 3.05) is 25.0 Å². The van der Waals surface area contributed by atoms with Gasteiger partial charge in [0.1, 0.15) is 5.82 Å². The molecule has 3 aromatic heterocycles. The monoisotopic (exact) mass is 385 g/mol. The van der Waals surface area contributed by atoms with Crippen molar-refractivity contribution in [1.29, 1.82) is 0 Å². The minimum absolute atomic E-state index is 0.0383. The highest BCUT2D eigenvalue weighted by atomic mass is 16.2. The topological polar surface area (TPSA) is 79.5 Å². The molecule has 5 rings (SSSR count). The Morgan fingerprint density at radius 2 is 1.86 bits per heavy atom. The second-order valence-corrected chi connectivity index (χ2v) is 7.07. The van der Waals surface area contributed by atoms with Gasteiger partial charge in [-0.2, -0.15) is 4.52 Å². The van der Waals surface area contributed by atoms with Gasteiger partial charge in [0.15, 0.2) is 11.5 Å². The summed E-state index contributed by atoms with van der Waals surface area (Å²) in [4.78, 5) is 20.7. The molecule has 1 aliphatic rings. The van der Waals surface area contributed by atoms with Crippen LogP contribution in [-0.4, -0.2) is 61.8 Å². The third kappa shape index (κ3) is 3.08. The molecule has 8 heteroatoms. The Bertz CT molecular complexity index is 1150. The molecule has 4 aromatic rings. The first-order chi connectivity index (χ1) is 14.2. The number of amides is 1. The lowest BCUT2D eigenvalue weighted by Gasteiger charge is -2.44. The van der Waals surface area contributed by atoms with E-state index in [1.165, 1.54) is 0 Å². The van der Waals surface area contributed by atoms with E-state index in [0.29, 0.717) is 17.0 Å². The van der Waals surface area contributed by atoms with Crippen molar-refractivity contribution in [1.82, 2.24) is 29.7 Å². The zero-order chi connectivity index (χ0) is 19.8. The predicted molar refractivity (Wildman–Crippen MR) is 109 cm³/mol. The number of aromatic nitrogens is 5. The summed E-state index contributed by atoms with van der Waals surface area (Å²) in [6, 6.07) is 17.1. The summed E-state index contributed by atoms with van der Waals surface area (Å²) in [7, 11) is 1.86. The Morgan fingerprint density at radius 1 is 1.03 bits per heavy atom. The molecular weight excluding hydrogens is 366 g/mol. The number of likely N-dealkylation sites (N-methyl/N-ethyl adjacent to an activating group) is 1. The molecule has 0 atom stereocenters. The quantitative estimate of drug-likeness (QED) is 0.536. The molecule has 0 aliphatic carbocycles. The maximum Gasteiger partial charge on any atom is 0.253 e. The number of benzene rings is 1. The summed E-state index contributed by atoms with van der Waals surface area (Å²) >= 11 is 0. The molecule has 0 radical (unpaired) electrons. The minimum atomic E-state index is 0.0383. The van der Waals surface area contributed by atoms with Gasteiger partial charge in [-0.05, 0) is 36.4 Å². The van der Waals surface area contributed by atoms with Crippen LogP contribution in [0.15, 0.2) is 67.0 Å². The molecule has 29 heavy (non-hydrogen) atoms. The van der Waals surface area contributed by atoms with Gasteiger partial charge in [-0.25, -0.2) is 0 Å². The minimum Gasteiger partial charge on any atom is -0.351 e. The van der Waals surface area contributed by atoms with Crippen LogP contribution in [0.2, 0.25) is 0 Å². The lowest BCUT2D eigenvalue weighted by atomic mass is 10.1. The lowest BCUT2D eigenvalue weighted by molar-refractivity contribution is 0.0705. The summed E-state index contributed by atoms with van der Waals surface area (Å²) in [5.41, 5.74) is 2.25. The van der Waals surface area contributed by atoms with E-state index >= 15 is 0 Å². The van der Waals surface area contributed by atoms with Gasteiger partial charge >= 0.3 is 0 Å². The summed E-state index contributed by atoms with van der Waals surface area (Å²) in [6.07, 6.45) is 3.47. The Kier molecular flexibility index (Phi) is 4.16. The highest BCUT2D eigenvalue weighted by Crippen LogP contribution is 2.24. The fourth-order valence-corrected chi connectivity index (χ4v) is 3.46. The molecule has 0 unspecified atom stereocenters. The predicted octanol–water partition coefficient (Wildman–Crippen LogP) is 2.15. The summed E-state index contributed by atoms with van der Waals surface area (Å²) in [6.45, 7) is 1.47. The number of fused-ring (bicyclic) bond motifs is 1. The van der Waals surface area contributed by atoms with Crippen molar-refractivity contribution in [3.8, 4) is 11.4 Å². The van der Waals surface area contributed by atoms with Crippen molar-refractivity contribution < 1.29 is 4.79 Å². The highest BCUT2D eigenvalue weighted by Gasteiger charge is 2.33. The molecule has 1 fully saturated rings. The van der Waals surface area contributed by atoms with Crippen molar-refractivity contribution in [2.45, 2.75) is 6.04 Å². The number of carbonyl (C=O) groups excluding carboxylic acids is 1. The number of carbonyl (C=O) groups is 1. The summed E-state index contributed by atoms with van der Waals surface area (Å²) in [5, 5.41) is 13.2. The van der Waals surface area contributed by atoms with Gasteiger partial charge in [-0.3, -0.25) is 9.78 Å². The van der Waals surface area contributed by atoms with Gasteiger partial charge in [0.05, 0.1) is 6.04 Å². The second-order valence-electron chi connectivity index (χ2n) is 7.07. The molecular formula is C21H19N7O. The number of nitrogens with zero attached hydrogens (tertiary/aromatic N) is 7. The van der Waals surface area contributed by atoms with E-state index in [4.69, 9.17) is 5.10 Å². The van der Waals surface area contributed by atoms with Crippen LogP contribution < -0.4 is 4.90 Å². The van der Waals surface area contributed by atoms with Crippen molar-refractivity contribution >= 4 is 17.4 Å². The third-order valence-electron chi connectivity index (χ3n) is 5.24. The molecule has 1 saturated heterocycles. The normalized spacial score (nSPS) is 14.0. The first-order valence-corrected chi connectivity index (χ1v) is 9.41. The second kappa shape index (κ2) is 6.97. The third-order valence-corrected chi connectivity index (χ3v) is 5.24. The molecule has 0 spiro atoms. The van der Waals surface area contributed by atoms with Gasteiger partial charge in [-0.1, -0.05) is 18.2 Å². The first kappa shape index (κ1) is 17.3. The van der Waals surface area contributed by atoms with Crippen LogP contribution in [0.4, 0.5) is 5.82 Å². The van der Waals surface area contributed by atoms with Crippen molar-refractivity contribution in [2.24, 2.45) is 0 Å². The van der Waals surface area contributed by atoms with Crippen LogP contribution in [0.5, 0.6) is 0 Å². The van der Waals surface area contributed by atoms with Gasteiger partial charge in [0, 0.05) is 43.7 Å². The SMILES string of the molecule is CN(C(=O)c1ccccc1)C1CN(c2ccc3nnc(-c4cccnc4)n3n2)C1. The van der Waals surface area contributed by atoms with Crippen LogP contribution in [0, 0.1) is 0 Å². The fraction of sp³-hybridized carbons (Fsp3) is 0.190. The fourth-order valence-electron chi connectivity index (χ4n) is 3.46. The smallest absolute Gasteiger partial charge is 0.253 e. The van der Waals surface area contributed by atoms with Crippen LogP contribution >= 0.6 is 0 Å². The number of hydrogen-bond donors (Lipinski definition) is 0.